The van der Waals surface area contributed by atoms with Crippen molar-refractivity contribution in [1.29, 1.82) is 0 Å². The number of pyridine rings is 1. The summed E-state index contributed by atoms with van der Waals surface area (Å²) >= 11 is 0. The highest BCUT2D eigenvalue weighted by atomic mass is 17.0. The maximum Gasteiger partial charge on any atom is 0.295 e. The Morgan fingerprint density at radius 1 is 1.44 bits per heavy atom. The van der Waals surface area contributed by atoms with Gasteiger partial charge in [-0.3, -0.25) is 9.88 Å². The molecule has 7 heteroatoms. The SMILES string of the molecule is C=C[C@H]1CN2CC[C@H]1C[C@@H]2[C@@H](O[N+](=O)[O-])c1ccnc2ccc(OC)cc12. The zero-order chi connectivity index (χ0) is 19.0. The molecule has 27 heavy (non-hydrogen) atoms. The van der Waals surface area contributed by atoms with Crippen LogP contribution in [0.15, 0.2) is 43.1 Å². The van der Waals surface area contributed by atoms with E-state index in [0.717, 1.165) is 42.4 Å². The van der Waals surface area contributed by atoms with E-state index in [-0.39, 0.29) is 6.04 Å². The van der Waals surface area contributed by atoms with E-state index in [4.69, 9.17) is 9.57 Å². The number of benzene rings is 1. The Labute approximate surface area is 157 Å². The molecule has 0 amide bonds. The molecule has 0 aliphatic carbocycles. The highest BCUT2D eigenvalue weighted by Gasteiger charge is 2.44. The minimum Gasteiger partial charge on any atom is -0.497 e. The summed E-state index contributed by atoms with van der Waals surface area (Å²) in [5.41, 5.74) is 1.55. The fourth-order valence-electron chi connectivity index (χ4n) is 4.64. The summed E-state index contributed by atoms with van der Waals surface area (Å²) in [7, 11) is 1.60. The van der Waals surface area contributed by atoms with Crippen LogP contribution < -0.4 is 4.74 Å². The topological polar surface area (TPSA) is 77.7 Å². The van der Waals surface area contributed by atoms with Gasteiger partial charge in [-0.05, 0) is 61.1 Å². The standard InChI is InChI=1S/C20H23N3O4/c1-3-13-12-22-9-7-14(13)10-19(22)20(27-23(24)25)16-6-8-21-18-5-4-15(26-2)11-17(16)18/h3-6,8,11,13-14,19-20H,1,7,9-10,12H2,2H3/t13-,14-,19+,20-/m0/s1. The molecule has 1 aromatic heterocycles. The van der Waals surface area contributed by atoms with Crippen molar-refractivity contribution in [2.75, 3.05) is 20.2 Å². The summed E-state index contributed by atoms with van der Waals surface area (Å²) in [6.07, 6.45) is 5.00. The van der Waals surface area contributed by atoms with Crippen LogP contribution in [0.1, 0.15) is 24.5 Å². The number of rotatable bonds is 6. The van der Waals surface area contributed by atoms with Crippen LogP contribution in [0, 0.1) is 22.0 Å². The number of methoxy groups -OCH3 is 1. The average molecular weight is 369 g/mol. The van der Waals surface area contributed by atoms with Gasteiger partial charge in [-0.1, -0.05) is 6.08 Å². The molecule has 7 nitrogen and oxygen atoms in total. The van der Waals surface area contributed by atoms with E-state index >= 15 is 0 Å². The number of hydrogen-bond acceptors (Lipinski definition) is 6. The van der Waals surface area contributed by atoms with Gasteiger partial charge < -0.3 is 9.57 Å². The maximum atomic E-state index is 11.3. The van der Waals surface area contributed by atoms with Gasteiger partial charge in [-0.25, -0.2) is 0 Å². The fraction of sp³-hybridized carbons (Fsp3) is 0.450. The van der Waals surface area contributed by atoms with Gasteiger partial charge in [-0.2, -0.15) is 0 Å². The van der Waals surface area contributed by atoms with E-state index in [1.54, 1.807) is 13.3 Å². The van der Waals surface area contributed by atoms with E-state index in [0.29, 0.717) is 17.6 Å². The van der Waals surface area contributed by atoms with Crippen molar-refractivity contribution in [3.63, 3.8) is 0 Å². The maximum absolute atomic E-state index is 11.3. The van der Waals surface area contributed by atoms with Crippen LogP contribution in [0.4, 0.5) is 0 Å². The Hall–Kier alpha value is -2.67. The van der Waals surface area contributed by atoms with E-state index in [1.807, 2.05) is 30.3 Å². The Kier molecular flexibility index (Phi) is 4.70. The lowest BCUT2D eigenvalue weighted by Crippen LogP contribution is -2.55. The van der Waals surface area contributed by atoms with Gasteiger partial charge >= 0.3 is 0 Å². The molecule has 3 saturated heterocycles. The molecule has 0 radical (unpaired) electrons. The van der Waals surface area contributed by atoms with Gasteiger partial charge in [0.2, 0.25) is 0 Å². The van der Waals surface area contributed by atoms with Crippen molar-refractivity contribution in [3.05, 3.63) is 58.8 Å². The van der Waals surface area contributed by atoms with Gasteiger partial charge in [0.05, 0.1) is 12.6 Å². The fourth-order valence-corrected chi connectivity index (χ4v) is 4.64. The molecule has 3 fully saturated rings. The first-order valence-corrected chi connectivity index (χ1v) is 9.21. The zero-order valence-corrected chi connectivity index (χ0v) is 15.3. The van der Waals surface area contributed by atoms with E-state index in [1.165, 1.54) is 0 Å². The lowest BCUT2D eigenvalue weighted by atomic mass is 9.73. The quantitative estimate of drug-likeness (QED) is 0.441. The third kappa shape index (κ3) is 3.23. The third-order valence-electron chi connectivity index (χ3n) is 5.99. The second-order valence-corrected chi connectivity index (χ2v) is 7.28. The van der Waals surface area contributed by atoms with Crippen LogP contribution in [0.25, 0.3) is 10.9 Å². The smallest absolute Gasteiger partial charge is 0.295 e. The molecule has 4 heterocycles. The minimum absolute atomic E-state index is 0.0397. The average Bonchev–Trinajstić information content (AvgIpc) is 2.71. The number of fused-ring (bicyclic) bond motifs is 4. The summed E-state index contributed by atoms with van der Waals surface area (Å²) in [6, 6.07) is 7.36. The van der Waals surface area contributed by atoms with Gasteiger partial charge in [0.15, 0.2) is 0 Å². The number of hydrogen-bond donors (Lipinski definition) is 0. The van der Waals surface area contributed by atoms with Gasteiger partial charge in [0.1, 0.15) is 11.9 Å². The molecule has 0 spiro atoms. The minimum atomic E-state index is -0.675. The number of aromatic nitrogens is 1. The summed E-state index contributed by atoms with van der Waals surface area (Å²) in [5, 5.41) is 11.5. The molecule has 3 aliphatic heterocycles. The number of ether oxygens (including phenoxy) is 1. The van der Waals surface area contributed by atoms with Crippen molar-refractivity contribution >= 4 is 10.9 Å². The lowest BCUT2D eigenvalue weighted by molar-refractivity contribution is -0.772. The van der Waals surface area contributed by atoms with Gasteiger partial charge in [-0.15, -0.1) is 16.7 Å². The molecule has 2 aromatic rings. The first-order chi connectivity index (χ1) is 13.1. The van der Waals surface area contributed by atoms with Crippen molar-refractivity contribution in [2.24, 2.45) is 11.8 Å². The van der Waals surface area contributed by atoms with Crippen LogP contribution in [0.5, 0.6) is 5.75 Å². The van der Waals surface area contributed by atoms with Crippen LogP contribution in [-0.4, -0.2) is 41.2 Å². The van der Waals surface area contributed by atoms with Crippen molar-refractivity contribution < 1.29 is 14.7 Å². The predicted molar refractivity (Wildman–Crippen MR) is 101 cm³/mol. The predicted octanol–water partition coefficient (Wildman–Crippen LogP) is 3.39. The Bertz CT molecular complexity index is 871. The monoisotopic (exact) mass is 369 g/mol. The summed E-state index contributed by atoms with van der Waals surface area (Å²) < 4.78 is 5.34. The Morgan fingerprint density at radius 3 is 2.96 bits per heavy atom. The molecular formula is C20H23N3O4. The summed E-state index contributed by atoms with van der Waals surface area (Å²) in [4.78, 5) is 23.3. The van der Waals surface area contributed by atoms with Crippen LogP contribution in [-0.2, 0) is 4.84 Å². The second kappa shape index (κ2) is 7.15. The van der Waals surface area contributed by atoms with Crippen molar-refractivity contribution in [1.82, 2.24) is 9.88 Å². The van der Waals surface area contributed by atoms with Gasteiger partial charge in [0, 0.05) is 24.2 Å². The van der Waals surface area contributed by atoms with E-state index in [2.05, 4.69) is 16.5 Å². The largest absolute Gasteiger partial charge is 0.497 e. The third-order valence-corrected chi connectivity index (χ3v) is 5.99. The molecule has 3 aliphatic rings. The van der Waals surface area contributed by atoms with Crippen molar-refractivity contribution in [3.8, 4) is 5.75 Å². The normalized spacial score (nSPS) is 27.9. The first-order valence-electron chi connectivity index (χ1n) is 9.21. The molecule has 0 N–H and O–H groups in total. The van der Waals surface area contributed by atoms with Gasteiger partial charge in [0.25, 0.3) is 5.09 Å². The molecule has 0 saturated carbocycles. The van der Waals surface area contributed by atoms with E-state index < -0.39 is 11.2 Å². The lowest BCUT2D eigenvalue weighted by Gasteiger charge is -2.51. The highest BCUT2D eigenvalue weighted by molar-refractivity contribution is 5.84. The van der Waals surface area contributed by atoms with Crippen LogP contribution in [0.2, 0.25) is 0 Å². The highest BCUT2D eigenvalue weighted by Crippen LogP contribution is 2.43. The van der Waals surface area contributed by atoms with Crippen LogP contribution in [0.3, 0.4) is 0 Å². The van der Waals surface area contributed by atoms with Crippen molar-refractivity contribution in [2.45, 2.75) is 25.0 Å². The summed E-state index contributed by atoms with van der Waals surface area (Å²) in [5.74, 6) is 1.63. The Morgan fingerprint density at radius 2 is 2.30 bits per heavy atom. The molecule has 2 bridgehead atoms. The molecular weight excluding hydrogens is 346 g/mol. The number of nitrogens with zero attached hydrogens (tertiary/aromatic N) is 3. The zero-order valence-electron chi connectivity index (χ0n) is 15.3. The molecule has 5 atom stereocenters. The molecule has 5 rings (SSSR count). The second-order valence-electron chi connectivity index (χ2n) is 7.28. The first kappa shape index (κ1) is 17.7. The van der Waals surface area contributed by atoms with E-state index in [9.17, 15) is 10.1 Å². The molecule has 1 unspecified atom stereocenters. The molecule has 1 aromatic carbocycles. The summed E-state index contributed by atoms with van der Waals surface area (Å²) in [6.45, 7) is 5.76. The van der Waals surface area contributed by atoms with Crippen LogP contribution >= 0.6 is 0 Å². The Balaban J connectivity index is 1.76. The molecule has 142 valence electrons. The number of piperidine rings is 3.